The Bertz CT molecular complexity index is 260. The molecular formula is C10H14O3. The molecule has 0 spiro atoms. The normalized spacial score (nSPS) is 12.8. The lowest BCUT2D eigenvalue weighted by Crippen LogP contribution is -2.10. The number of ether oxygens (including phenoxy) is 1. The summed E-state index contributed by atoms with van der Waals surface area (Å²) in [5.74, 6) is 0.157. The molecule has 1 aromatic carbocycles. The summed E-state index contributed by atoms with van der Waals surface area (Å²) < 4.78 is 4.95. The van der Waals surface area contributed by atoms with Crippen molar-refractivity contribution >= 4 is 0 Å². The van der Waals surface area contributed by atoms with Crippen molar-refractivity contribution in [2.24, 2.45) is 0 Å². The molecule has 0 bridgehead atoms. The van der Waals surface area contributed by atoms with Gasteiger partial charge in [0.05, 0.1) is 13.2 Å². The molecule has 2 N–H and O–H groups in total. The zero-order valence-electron chi connectivity index (χ0n) is 7.60. The summed E-state index contributed by atoms with van der Waals surface area (Å²) in [6, 6.07) is 6.85. The maximum atomic E-state index is 9.20. The minimum Gasteiger partial charge on any atom is -0.508 e. The van der Waals surface area contributed by atoms with E-state index in [-0.39, 0.29) is 18.3 Å². The zero-order valence-corrected chi connectivity index (χ0v) is 7.60. The Balaban J connectivity index is 2.78. The monoisotopic (exact) mass is 182 g/mol. The molecule has 0 aromatic heterocycles. The molecule has 0 aliphatic carbocycles. The number of rotatable bonds is 4. The summed E-state index contributed by atoms with van der Waals surface area (Å²) in [4.78, 5) is 0. The third-order valence-electron chi connectivity index (χ3n) is 1.93. The quantitative estimate of drug-likeness (QED) is 0.733. The molecule has 0 radical (unpaired) electrons. The lowest BCUT2D eigenvalue weighted by atomic mass is 10.0. The molecular weight excluding hydrogens is 168 g/mol. The van der Waals surface area contributed by atoms with Crippen molar-refractivity contribution in [3.05, 3.63) is 29.8 Å². The number of benzene rings is 1. The summed E-state index contributed by atoms with van der Waals surface area (Å²) in [7, 11) is 1.59. The van der Waals surface area contributed by atoms with Crippen molar-refractivity contribution in [1.29, 1.82) is 0 Å². The van der Waals surface area contributed by atoms with Crippen LogP contribution in [0.5, 0.6) is 5.75 Å². The van der Waals surface area contributed by atoms with Gasteiger partial charge in [-0.3, -0.25) is 0 Å². The molecule has 0 saturated heterocycles. The van der Waals surface area contributed by atoms with Gasteiger partial charge in [0.25, 0.3) is 0 Å². The SMILES string of the molecule is COCC(CO)c1cccc(O)c1. The van der Waals surface area contributed by atoms with Gasteiger partial charge >= 0.3 is 0 Å². The van der Waals surface area contributed by atoms with E-state index in [1.807, 2.05) is 6.07 Å². The van der Waals surface area contributed by atoms with E-state index >= 15 is 0 Å². The fourth-order valence-corrected chi connectivity index (χ4v) is 1.23. The van der Waals surface area contributed by atoms with Gasteiger partial charge in [-0.25, -0.2) is 0 Å². The van der Waals surface area contributed by atoms with E-state index in [1.165, 1.54) is 0 Å². The fraction of sp³-hybridized carbons (Fsp3) is 0.400. The Morgan fingerprint density at radius 3 is 2.77 bits per heavy atom. The van der Waals surface area contributed by atoms with Crippen LogP contribution in [0.25, 0.3) is 0 Å². The largest absolute Gasteiger partial charge is 0.508 e. The van der Waals surface area contributed by atoms with E-state index in [0.29, 0.717) is 6.61 Å². The summed E-state index contributed by atoms with van der Waals surface area (Å²) >= 11 is 0. The van der Waals surface area contributed by atoms with Gasteiger partial charge in [0.2, 0.25) is 0 Å². The average molecular weight is 182 g/mol. The fourth-order valence-electron chi connectivity index (χ4n) is 1.23. The van der Waals surface area contributed by atoms with Crippen LogP contribution in [0, 0.1) is 0 Å². The van der Waals surface area contributed by atoms with E-state index in [1.54, 1.807) is 25.3 Å². The Hall–Kier alpha value is -1.06. The molecule has 1 aromatic rings. The molecule has 1 rings (SSSR count). The highest BCUT2D eigenvalue weighted by Crippen LogP contribution is 2.19. The number of phenolic OH excluding ortho intramolecular Hbond substituents is 1. The Kier molecular flexibility index (Phi) is 3.73. The predicted octanol–water partition coefficient (Wildman–Crippen LogP) is 1.11. The zero-order chi connectivity index (χ0) is 9.68. The first-order valence-electron chi connectivity index (χ1n) is 4.16. The molecule has 72 valence electrons. The molecule has 3 heteroatoms. The minimum absolute atomic E-state index is 0.0251. The van der Waals surface area contributed by atoms with Crippen LogP contribution in [-0.4, -0.2) is 30.5 Å². The summed E-state index contributed by atoms with van der Waals surface area (Å²) in [6.07, 6.45) is 0. The first-order valence-corrected chi connectivity index (χ1v) is 4.16. The van der Waals surface area contributed by atoms with Crippen LogP contribution in [0.15, 0.2) is 24.3 Å². The number of aromatic hydroxyl groups is 1. The van der Waals surface area contributed by atoms with Gasteiger partial charge in [-0.1, -0.05) is 12.1 Å². The number of methoxy groups -OCH3 is 1. The van der Waals surface area contributed by atoms with Crippen molar-refractivity contribution in [2.75, 3.05) is 20.3 Å². The van der Waals surface area contributed by atoms with Crippen molar-refractivity contribution in [1.82, 2.24) is 0 Å². The van der Waals surface area contributed by atoms with Crippen LogP contribution in [0.1, 0.15) is 11.5 Å². The number of hydrogen-bond donors (Lipinski definition) is 2. The van der Waals surface area contributed by atoms with Crippen LogP contribution in [0.2, 0.25) is 0 Å². The molecule has 1 atom stereocenters. The maximum Gasteiger partial charge on any atom is 0.115 e. The molecule has 0 aliphatic rings. The minimum atomic E-state index is -0.0582. The molecule has 1 unspecified atom stereocenters. The molecule has 13 heavy (non-hydrogen) atoms. The highest BCUT2D eigenvalue weighted by atomic mass is 16.5. The summed E-state index contributed by atoms with van der Waals surface area (Å²) in [5.41, 5.74) is 0.893. The lowest BCUT2D eigenvalue weighted by molar-refractivity contribution is 0.144. The molecule has 0 saturated carbocycles. The first-order chi connectivity index (χ1) is 6.27. The Morgan fingerprint density at radius 1 is 1.46 bits per heavy atom. The molecule has 0 amide bonds. The molecule has 0 aliphatic heterocycles. The lowest BCUT2D eigenvalue weighted by Gasteiger charge is -2.13. The summed E-state index contributed by atoms with van der Waals surface area (Å²) in [6.45, 7) is 0.483. The first kappa shape index (κ1) is 10.0. The van der Waals surface area contributed by atoms with E-state index < -0.39 is 0 Å². The van der Waals surface area contributed by atoms with Gasteiger partial charge in [-0.2, -0.15) is 0 Å². The molecule has 0 heterocycles. The van der Waals surface area contributed by atoms with Crippen LogP contribution in [0.4, 0.5) is 0 Å². The van der Waals surface area contributed by atoms with Crippen molar-refractivity contribution < 1.29 is 14.9 Å². The Labute approximate surface area is 77.6 Å². The Morgan fingerprint density at radius 2 is 2.23 bits per heavy atom. The van der Waals surface area contributed by atoms with Gasteiger partial charge < -0.3 is 14.9 Å². The number of phenols is 1. The van der Waals surface area contributed by atoms with Crippen LogP contribution >= 0.6 is 0 Å². The van der Waals surface area contributed by atoms with Crippen molar-refractivity contribution in [2.45, 2.75) is 5.92 Å². The summed E-state index contributed by atoms with van der Waals surface area (Å²) in [5, 5.41) is 18.2. The van der Waals surface area contributed by atoms with Gasteiger partial charge in [0.15, 0.2) is 0 Å². The standard InChI is InChI=1S/C10H14O3/c1-13-7-9(6-11)8-3-2-4-10(12)5-8/h2-5,9,11-12H,6-7H2,1H3. The highest BCUT2D eigenvalue weighted by molar-refractivity contribution is 5.29. The third-order valence-corrected chi connectivity index (χ3v) is 1.93. The van der Waals surface area contributed by atoms with Crippen LogP contribution < -0.4 is 0 Å². The van der Waals surface area contributed by atoms with E-state index in [0.717, 1.165) is 5.56 Å². The topological polar surface area (TPSA) is 49.7 Å². The van der Waals surface area contributed by atoms with Gasteiger partial charge in [0, 0.05) is 13.0 Å². The van der Waals surface area contributed by atoms with E-state index in [4.69, 9.17) is 9.84 Å². The van der Waals surface area contributed by atoms with Gasteiger partial charge in [0.1, 0.15) is 5.75 Å². The van der Waals surface area contributed by atoms with Crippen molar-refractivity contribution in [3.8, 4) is 5.75 Å². The number of aliphatic hydroxyl groups is 1. The van der Waals surface area contributed by atoms with E-state index in [2.05, 4.69) is 0 Å². The highest BCUT2D eigenvalue weighted by Gasteiger charge is 2.09. The third kappa shape index (κ3) is 2.72. The van der Waals surface area contributed by atoms with E-state index in [9.17, 15) is 5.11 Å². The smallest absolute Gasteiger partial charge is 0.115 e. The maximum absolute atomic E-state index is 9.20. The van der Waals surface area contributed by atoms with Gasteiger partial charge in [-0.15, -0.1) is 0 Å². The average Bonchev–Trinajstić information content (AvgIpc) is 2.14. The number of hydrogen-bond acceptors (Lipinski definition) is 3. The molecule has 0 fully saturated rings. The van der Waals surface area contributed by atoms with Crippen molar-refractivity contribution in [3.63, 3.8) is 0 Å². The second-order valence-electron chi connectivity index (χ2n) is 2.93. The number of aliphatic hydroxyl groups excluding tert-OH is 1. The van der Waals surface area contributed by atoms with Crippen LogP contribution in [-0.2, 0) is 4.74 Å². The second-order valence-corrected chi connectivity index (χ2v) is 2.93. The molecule has 3 nitrogen and oxygen atoms in total. The predicted molar refractivity (Wildman–Crippen MR) is 49.8 cm³/mol. The van der Waals surface area contributed by atoms with Crippen LogP contribution in [0.3, 0.4) is 0 Å². The van der Waals surface area contributed by atoms with Gasteiger partial charge in [-0.05, 0) is 17.7 Å². The second kappa shape index (κ2) is 4.84.